The number of aromatic nitrogens is 2. The Balaban J connectivity index is 0.000000228. The molecule has 0 amide bonds. The Morgan fingerprint density at radius 1 is 0.923 bits per heavy atom. The molecule has 134 valence electrons. The fourth-order valence-corrected chi connectivity index (χ4v) is 2.14. The molecule has 0 saturated carbocycles. The van der Waals surface area contributed by atoms with Gasteiger partial charge in [-0.1, -0.05) is 29.8 Å². The van der Waals surface area contributed by atoms with E-state index in [-0.39, 0.29) is 11.5 Å². The Kier molecular flexibility index (Phi) is 7.79. The van der Waals surface area contributed by atoms with Gasteiger partial charge in [0.15, 0.2) is 6.29 Å². The Morgan fingerprint density at radius 2 is 1.62 bits per heavy atom. The number of nitrogens with one attached hydrogen (secondary N) is 1. The highest BCUT2D eigenvalue weighted by molar-refractivity contribution is 6.31. The van der Waals surface area contributed by atoms with Crippen molar-refractivity contribution in [1.82, 2.24) is 15.3 Å². The lowest BCUT2D eigenvalue weighted by Gasteiger charge is -2.06. The zero-order valence-electron chi connectivity index (χ0n) is 13.7. The first-order valence-electron chi connectivity index (χ1n) is 7.70. The molecular weight excluding hydrogens is 360 g/mol. The summed E-state index contributed by atoms with van der Waals surface area (Å²) in [7, 11) is 0. The van der Waals surface area contributed by atoms with Crippen LogP contribution < -0.4 is 5.32 Å². The first-order chi connectivity index (χ1) is 12.6. The molecule has 4 nitrogen and oxygen atoms in total. The van der Waals surface area contributed by atoms with Crippen molar-refractivity contribution in [2.45, 2.75) is 13.1 Å². The molecule has 7 heteroatoms. The average Bonchev–Trinajstić information content (AvgIpc) is 2.66. The monoisotopic (exact) mass is 375 g/mol. The third-order valence-corrected chi connectivity index (χ3v) is 3.61. The summed E-state index contributed by atoms with van der Waals surface area (Å²) in [4.78, 5) is 17.3. The smallest absolute Gasteiger partial charge is 0.168 e. The van der Waals surface area contributed by atoms with Crippen LogP contribution in [0.15, 0.2) is 60.9 Å². The molecule has 2 aromatic heterocycles. The topological polar surface area (TPSA) is 54.9 Å². The van der Waals surface area contributed by atoms with E-state index in [1.165, 1.54) is 24.4 Å². The molecule has 0 aliphatic heterocycles. The molecular formula is C19H16ClF2N3O. The lowest BCUT2D eigenvalue weighted by Crippen LogP contribution is -2.13. The van der Waals surface area contributed by atoms with Crippen molar-refractivity contribution in [2.75, 3.05) is 0 Å². The summed E-state index contributed by atoms with van der Waals surface area (Å²) >= 11 is 6.02. The van der Waals surface area contributed by atoms with Gasteiger partial charge in [-0.3, -0.25) is 14.8 Å². The third-order valence-electron chi connectivity index (χ3n) is 3.24. The van der Waals surface area contributed by atoms with Crippen LogP contribution in [-0.2, 0) is 13.1 Å². The van der Waals surface area contributed by atoms with Crippen molar-refractivity contribution < 1.29 is 13.6 Å². The molecule has 26 heavy (non-hydrogen) atoms. The summed E-state index contributed by atoms with van der Waals surface area (Å²) in [6.45, 7) is 1.25. The Labute approximate surface area is 154 Å². The van der Waals surface area contributed by atoms with E-state index in [4.69, 9.17) is 11.6 Å². The minimum Gasteiger partial charge on any atom is -0.307 e. The van der Waals surface area contributed by atoms with Crippen molar-refractivity contribution in [2.24, 2.45) is 0 Å². The highest BCUT2D eigenvalue weighted by atomic mass is 35.5. The van der Waals surface area contributed by atoms with Gasteiger partial charge in [-0.25, -0.2) is 8.78 Å². The summed E-state index contributed by atoms with van der Waals surface area (Å²) in [6, 6.07) is 13.2. The van der Waals surface area contributed by atoms with E-state index < -0.39 is 5.82 Å². The lowest BCUT2D eigenvalue weighted by molar-refractivity contribution is 0.111. The van der Waals surface area contributed by atoms with Crippen LogP contribution in [0.2, 0.25) is 5.02 Å². The molecule has 3 rings (SSSR count). The first-order valence-corrected chi connectivity index (χ1v) is 8.07. The average molecular weight is 376 g/mol. The molecule has 0 fully saturated rings. The van der Waals surface area contributed by atoms with Crippen LogP contribution in [0.1, 0.15) is 21.7 Å². The Morgan fingerprint density at radius 3 is 2.19 bits per heavy atom. The van der Waals surface area contributed by atoms with Crippen LogP contribution in [0.4, 0.5) is 8.78 Å². The van der Waals surface area contributed by atoms with Crippen molar-refractivity contribution in [3.63, 3.8) is 0 Å². The molecule has 1 aromatic carbocycles. The standard InChI is InChI=1S/C13H12ClFN2.C6H4FNO/c14-13-4-2-1-3-10(13)7-16-9-12-6-5-11(15)8-17-12;7-5-1-2-6(4-9)8-3-5/h1-6,8,16H,7,9H2;1-4H. The van der Waals surface area contributed by atoms with E-state index in [1.54, 1.807) is 6.07 Å². The molecule has 0 saturated heterocycles. The molecule has 1 N–H and O–H groups in total. The van der Waals surface area contributed by atoms with Crippen LogP contribution in [-0.4, -0.2) is 16.3 Å². The molecule has 3 aromatic rings. The molecule has 0 bridgehead atoms. The van der Waals surface area contributed by atoms with Crippen LogP contribution in [0.25, 0.3) is 0 Å². The predicted molar refractivity (Wildman–Crippen MR) is 95.8 cm³/mol. The first kappa shape index (κ1) is 19.6. The van der Waals surface area contributed by atoms with Gasteiger partial charge < -0.3 is 5.32 Å². The maximum atomic E-state index is 12.6. The number of hydrogen-bond acceptors (Lipinski definition) is 4. The Bertz CT molecular complexity index is 827. The van der Waals surface area contributed by atoms with Crippen molar-refractivity contribution in [1.29, 1.82) is 0 Å². The van der Waals surface area contributed by atoms with E-state index >= 15 is 0 Å². The second-order valence-electron chi connectivity index (χ2n) is 5.18. The minimum atomic E-state index is -0.430. The van der Waals surface area contributed by atoms with Crippen molar-refractivity contribution >= 4 is 17.9 Å². The van der Waals surface area contributed by atoms with Crippen LogP contribution in [0.3, 0.4) is 0 Å². The molecule has 0 spiro atoms. The SMILES string of the molecule is Fc1ccc(CNCc2ccccc2Cl)nc1.O=Cc1ccc(F)cn1. The fourth-order valence-electron chi connectivity index (χ4n) is 1.93. The summed E-state index contributed by atoms with van der Waals surface area (Å²) in [5.74, 6) is -0.750. The molecule has 0 radical (unpaired) electrons. The number of halogens is 3. The van der Waals surface area contributed by atoms with Crippen molar-refractivity contribution in [3.8, 4) is 0 Å². The second-order valence-corrected chi connectivity index (χ2v) is 5.59. The number of carbonyl (C=O) groups is 1. The number of rotatable bonds is 5. The quantitative estimate of drug-likeness (QED) is 0.679. The number of benzene rings is 1. The van der Waals surface area contributed by atoms with E-state index in [2.05, 4.69) is 15.3 Å². The lowest BCUT2D eigenvalue weighted by atomic mass is 10.2. The molecule has 0 atom stereocenters. The number of pyridine rings is 2. The summed E-state index contributed by atoms with van der Waals surface area (Å²) in [5, 5.41) is 3.95. The van der Waals surface area contributed by atoms with E-state index in [0.717, 1.165) is 22.5 Å². The van der Waals surface area contributed by atoms with Gasteiger partial charge in [-0.2, -0.15) is 0 Å². The number of hydrogen-bond donors (Lipinski definition) is 1. The van der Waals surface area contributed by atoms with E-state index in [9.17, 15) is 13.6 Å². The normalized spacial score (nSPS) is 9.96. The summed E-state index contributed by atoms with van der Waals surface area (Å²) in [5.41, 5.74) is 2.09. The van der Waals surface area contributed by atoms with Gasteiger partial charge in [0.2, 0.25) is 0 Å². The fraction of sp³-hybridized carbons (Fsp3) is 0.105. The maximum Gasteiger partial charge on any atom is 0.168 e. The minimum absolute atomic E-state index is 0.247. The Hall–Kier alpha value is -2.70. The maximum absolute atomic E-state index is 12.6. The van der Waals surface area contributed by atoms with E-state index in [1.807, 2.05) is 24.3 Å². The van der Waals surface area contributed by atoms with Crippen LogP contribution in [0, 0.1) is 11.6 Å². The van der Waals surface area contributed by atoms with Gasteiger partial charge in [0.1, 0.15) is 17.3 Å². The number of aldehydes is 1. The summed E-state index contributed by atoms with van der Waals surface area (Å²) < 4.78 is 24.7. The largest absolute Gasteiger partial charge is 0.307 e. The summed E-state index contributed by atoms with van der Waals surface area (Å²) in [6.07, 6.45) is 2.79. The number of nitrogens with zero attached hydrogens (tertiary/aromatic N) is 2. The van der Waals surface area contributed by atoms with E-state index in [0.29, 0.717) is 19.4 Å². The van der Waals surface area contributed by atoms with Gasteiger partial charge in [0.25, 0.3) is 0 Å². The molecule has 0 aliphatic carbocycles. The van der Waals surface area contributed by atoms with Crippen LogP contribution >= 0.6 is 11.6 Å². The van der Waals surface area contributed by atoms with Crippen LogP contribution in [0.5, 0.6) is 0 Å². The van der Waals surface area contributed by atoms with Gasteiger partial charge >= 0.3 is 0 Å². The van der Waals surface area contributed by atoms with Gasteiger partial charge in [0.05, 0.1) is 18.1 Å². The second kappa shape index (κ2) is 10.3. The van der Waals surface area contributed by atoms with Crippen molar-refractivity contribution in [3.05, 3.63) is 94.5 Å². The predicted octanol–water partition coefficient (Wildman–Crippen LogP) is 4.20. The molecule has 2 heterocycles. The van der Waals surface area contributed by atoms with Gasteiger partial charge in [-0.15, -0.1) is 0 Å². The van der Waals surface area contributed by atoms with Gasteiger partial charge in [-0.05, 0) is 35.9 Å². The zero-order valence-corrected chi connectivity index (χ0v) is 14.5. The molecule has 0 aliphatic rings. The highest BCUT2D eigenvalue weighted by Crippen LogP contribution is 2.14. The highest BCUT2D eigenvalue weighted by Gasteiger charge is 1.99. The molecule has 0 unspecified atom stereocenters. The third kappa shape index (κ3) is 6.66. The number of carbonyl (C=O) groups excluding carboxylic acids is 1. The zero-order chi connectivity index (χ0) is 18.8. The van der Waals surface area contributed by atoms with Gasteiger partial charge in [0, 0.05) is 18.1 Å².